The number of hydrogen-bond acceptors (Lipinski definition) is 5. The number of nitrogens with one attached hydrogen (secondary N) is 1. The quantitative estimate of drug-likeness (QED) is 0.170. The van der Waals surface area contributed by atoms with E-state index >= 15 is 0 Å². The van der Waals surface area contributed by atoms with Gasteiger partial charge in [0.15, 0.2) is 5.78 Å². The fourth-order valence-corrected chi connectivity index (χ4v) is 4.44. The van der Waals surface area contributed by atoms with Crippen molar-refractivity contribution in [3.05, 3.63) is 83.9 Å². The van der Waals surface area contributed by atoms with Crippen LogP contribution in [0, 0.1) is 17.6 Å². The molecule has 8 heteroatoms. The van der Waals surface area contributed by atoms with E-state index < -0.39 is 17.6 Å². The maximum atomic E-state index is 15.0. The lowest BCUT2D eigenvalue weighted by atomic mass is 10.0. The molecule has 4 rings (SSSR count). The first-order valence-corrected chi connectivity index (χ1v) is 12.9. The van der Waals surface area contributed by atoms with Gasteiger partial charge in [0.1, 0.15) is 35.3 Å². The Morgan fingerprint density at radius 3 is 2.31 bits per heavy atom. The molecular formula is C31H31F2NO5. The van der Waals surface area contributed by atoms with Crippen molar-refractivity contribution >= 4 is 28.4 Å². The second-order valence-corrected chi connectivity index (χ2v) is 9.94. The summed E-state index contributed by atoms with van der Waals surface area (Å²) in [7, 11) is 0. The van der Waals surface area contributed by atoms with E-state index in [4.69, 9.17) is 14.3 Å². The number of anilines is 1. The van der Waals surface area contributed by atoms with Crippen LogP contribution in [0.15, 0.2) is 71.1 Å². The van der Waals surface area contributed by atoms with Gasteiger partial charge in [0.2, 0.25) is 0 Å². The maximum Gasteiger partial charge on any atom is 0.303 e. The molecule has 0 fully saturated rings. The number of carboxylic acid groups (broad SMARTS) is 1. The van der Waals surface area contributed by atoms with Gasteiger partial charge in [-0.1, -0.05) is 32.0 Å². The molecule has 0 radical (unpaired) electrons. The highest BCUT2D eigenvalue weighted by Gasteiger charge is 2.19. The molecule has 0 saturated carbocycles. The number of hydrogen-bond donors (Lipinski definition) is 2. The van der Waals surface area contributed by atoms with Crippen LogP contribution in [0.25, 0.3) is 22.3 Å². The van der Waals surface area contributed by atoms with Gasteiger partial charge in [-0.25, -0.2) is 8.78 Å². The Kier molecular flexibility index (Phi) is 8.96. The van der Waals surface area contributed by atoms with Crippen LogP contribution >= 0.6 is 0 Å². The first-order chi connectivity index (χ1) is 18.7. The summed E-state index contributed by atoms with van der Waals surface area (Å²) in [6, 6.07) is 17.9. The summed E-state index contributed by atoms with van der Waals surface area (Å²) in [5, 5.41) is 12.9. The molecule has 0 saturated heterocycles. The van der Waals surface area contributed by atoms with Crippen LogP contribution in [0.1, 0.15) is 49.9 Å². The number of para-hydroxylation sites is 1. The highest BCUT2D eigenvalue weighted by atomic mass is 19.1. The van der Waals surface area contributed by atoms with Gasteiger partial charge in [-0.2, -0.15) is 0 Å². The molecule has 0 spiro atoms. The summed E-state index contributed by atoms with van der Waals surface area (Å²) in [6.07, 6.45) is 1.16. The number of carbonyl (C=O) groups excluding carboxylic acids is 1. The van der Waals surface area contributed by atoms with E-state index in [0.29, 0.717) is 23.5 Å². The van der Waals surface area contributed by atoms with Crippen molar-refractivity contribution in [3.63, 3.8) is 0 Å². The van der Waals surface area contributed by atoms with Crippen LogP contribution in [0.5, 0.6) is 5.75 Å². The van der Waals surface area contributed by atoms with Gasteiger partial charge in [-0.05, 0) is 55.2 Å². The molecule has 4 aromatic rings. The van der Waals surface area contributed by atoms with Gasteiger partial charge in [-0.15, -0.1) is 0 Å². The van der Waals surface area contributed by atoms with Crippen molar-refractivity contribution in [2.24, 2.45) is 5.92 Å². The molecule has 6 nitrogen and oxygen atoms in total. The minimum absolute atomic E-state index is 0.0430. The summed E-state index contributed by atoms with van der Waals surface area (Å²) >= 11 is 0. The normalized spacial score (nSPS) is 12.0. The number of Topliss-reactive ketones (excluding diaryl/α,β-unsaturated/α-hetero) is 1. The Morgan fingerprint density at radius 2 is 1.67 bits per heavy atom. The van der Waals surface area contributed by atoms with Crippen LogP contribution in [-0.4, -0.2) is 29.5 Å². The lowest BCUT2D eigenvalue weighted by Gasteiger charge is -2.22. The fraction of sp³-hybridized carbons (Fsp3) is 0.290. The molecule has 0 bridgehead atoms. The molecule has 3 aromatic carbocycles. The van der Waals surface area contributed by atoms with Crippen molar-refractivity contribution in [1.82, 2.24) is 0 Å². The predicted octanol–water partition coefficient (Wildman–Crippen LogP) is 7.72. The molecule has 0 aliphatic carbocycles. The van der Waals surface area contributed by atoms with Gasteiger partial charge in [0.25, 0.3) is 0 Å². The number of rotatable bonds is 13. The number of ether oxygens (including phenoxy) is 1. The lowest BCUT2D eigenvalue weighted by molar-refractivity contribution is -0.137. The van der Waals surface area contributed by atoms with E-state index in [1.54, 1.807) is 42.5 Å². The molecule has 0 aliphatic rings. The number of carboxylic acids is 1. The molecular weight excluding hydrogens is 504 g/mol. The summed E-state index contributed by atoms with van der Waals surface area (Å²) in [4.78, 5) is 22.9. The molecule has 0 aliphatic heterocycles. The smallest absolute Gasteiger partial charge is 0.303 e. The minimum Gasteiger partial charge on any atom is -0.491 e. The molecule has 0 amide bonds. The summed E-state index contributed by atoms with van der Waals surface area (Å²) in [6.45, 7) is 4.29. The first-order valence-electron chi connectivity index (χ1n) is 12.9. The van der Waals surface area contributed by atoms with Crippen molar-refractivity contribution in [2.45, 2.75) is 45.6 Å². The SMILES string of the molecule is CC(C)C[C@@H](COc1cc(F)c(-c2cc3ccccc3o2)c(F)c1)Nc1ccc(C(=O)CCCC(=O)O)cc1. The largest absolute Gasteiger partial charge is 0.491 e. The number of ketones is 1. The van der Waals surface area contributed by atoms with Crippen molar-refractivity contribution in [3.8, 4) is 17.1 Å². The van der Waals surface area contributed by atoms with E-state index in [2.05, 4.69) is 19.2 Å². The Hall–Kier alpha value is -4.20. The minimum atomic E-state index is -0.923. The average molecular weight is 536 g/mol. The molecule has 204 valence electrons. The van der Waals surface area contributed by atoms with E-state index in [1.807, 2.05) is 12.1 Å². The van der Waals surface area contributed by atoms with Gasteiger partial charge >= 0.3 is 5.97 Å². The van der Waals surface area contributed by atoms with E-state index in [9.17, 15) is 18.4 Å². The Balaban J connectivity index is 1.41. The fourth-order valence-electron chi connectivity index (χ4n) is 4.44. The molecule has 39 heavy (non-hydrogen) atoms. The van der Waals surface area contributed by atoms with Crippen molar-refractivity contribution in [2.75, 3.05) is 11.9 Å². The number of fused-ring (bicyclic) bond motifs is 1. The molecule has 1 atom stereocenters. The van der Waals surface area contributed by atoms with Gasteiger partial charge in [0, 0.05) is 41.6 Å². The predicted molar refractivity (Wildman–Crippen MR) is 146 cm³/mol. The third kappa shape index (κ3) is 7.44. The third-order valence-corrected chi connectivity index (χ3v) is 6.27. The third-order valence-electron chi connectivity index (χ3n) is 6.27. The van der Waals surface area contributed by atoms with Crippen LogP contribution in [0.4, 0.5) is 14.5 Å². The number of aliphatic carboxylic acids is 1. The number of benzene rings is 3. The molecule has 2 N–H and O–H groups in total. The zero-order valence-electron chi connectivity index (χ0n) is 21.9. The first kappa shape index (κ1) is 27.8. The number of carbonyl (C=O) groups is 2. The Morgan fingerprint density at radius 1 is 0.974 bits per heavy atom. The van der Waals surface area contributed by atoms with Crippen molar-refractivity contribution in [1.29, 1.82) is 0 Å². The average Bonchev–Trinajstić information content (AvgIpc) is 3.30. The summed E-state index contributed by atoms with van der Waals surface area (Å²) < 4.78 is 41.4. The lowest BCUT2D eigenvalue weighted by Crippen LogP contribution is -2.28. The summed E-state index contributed by atoms with van der Waals surface area (Å²) in [5.74, 6) is -2.08. The Bertz CT molecular complexity index is 1390. The zero-order chi connectivity index (χ0) is 27.9. The van der Waals surface area contributed by atoms with E-state index in [1.165, 1.54) is 0 Å². The van der Waals surface area contributed by atoms with Crippen LogP contribution in [0.2, 0.25) is 0 Å². The number of furan rings is 1. The topological polar surface area (TPSA) is 88.8 Å². The maximum absolute atomic E-state index is 15.0. The highest BCUT2D eigenvalue weighted by Crippen LogP contribution is 2.34. The Labute approximate surface area is 225 Å². The van der Waals surface area contributed by atoms with Crippen molar-refractivity contribution < 1.29 is 32.6 Å². The molecule has 1 heterocycles. The second kappa shape index (κ2) is 12.6. The molecule has 0 unspecified atom stereocenters. The van der Waals surface area contributed by atoms with Gasteiger partial charge < -0.3 is 19.6 Å². The standard InChI is InChI=1S/C31H31F2NO5/c1-19(2)14-23(34-22-12-10-20(11-13-22)27(35)7-5-9-30(36)37)18-38-24-16-25(32)31(26(33)17-24)29-15-21-6-3-4-8-28(21)39-29/h3-4,6,8,10-13,15-17,19,23,34H,5,7,9,14,18H2,1-2H3,(H,36,37)/t23-/m0/s1. The molecule has 1 aromatic heterocycles. The highest BCUT2D eigenvalue weighted by molar-refractivity contribution is 5.96. The van der Waals surface area contributed by atoms with Crippen LogP contribution in [-0.2, 0) is 4.79 Å². The van der Waals surface area contributed by atoms with Gasteiger partial charge in [-0.3, -0.25) is 9.59 Å². The monoisotopic (exact) mass is 535 g/mol. The second-order valence-electron chi connectivity index (χ2n) is 9.94. The van der Waals surface area contributed by atoms with E-state index in [0.717, 1.165) is 29.6 Å². The number of halogens is 2. The van der Waals surface area contributed by atoms with E-state index in [-0.39, 0.29) is 48.3 Å². The van der Waals surface area contributed by atoms with Gasteiger partial charge in [0.05, 0.1) is 11.6 Å². The van der Waals surface area contributed by atoms with Crippen LogP contribution in [0.3, 0.4) is 0 Å². The van der Waals surface area contributed by atoms with Crippen LogP contribution < -0.4 is 10.1 Å². The zero-order valence-corrected chi connectivity index (χ0v) is 21.9. The summed E-state index contributed by atoms with van der Waals surface area (Å²) in [5.41, 5.74) is 1.58.